The van der Waals surface area contributed by atoms with Crippen LogP contribution in [-0.4, -0.2) is 37.9 Å². The third kappa shape index (κ3) is 3.99. The highest BCUT2D eigenvalue weighted by molar-refractivity contribution is 5.75. The fourth-order valence-electron chi connectivity index (χ4n) is 3.00. The number of hydrogen-bond donors (Lipinski definition) is 2. The number of nitrogens with zero attached hydrogens (tertiary/aromatic N) is 3. The topological polar surface area (TPSA) is 78.6 Å². The zero-order chi connectivity index (χ0) is 18.5. The molecule has 3 aromatic rings. The van der Waals surface area contributed by atoms with Crippen molar-refractivity contribution < 1.29 is 15.0 Å². The van der Waals surface area contributed by atoms with Crippen LogP contribution in [0.25, 0.3) is 5.69 Å². The van der Waals surface area contributed by atoms with Crippen molar-refractivity contribution >= 4 is 5.97 Å². The minimum Gasteiger partial charge on any atom is -0.480 e. The predicted molar refractivity (Wildman–Crippen MR) is 97.8 cm³/mol. The number of aliphatic hydroxyl groups is 1. The molecule has 6 heteroatoms. The van der Waals surface area contributed by atoms with Crippen molar-refractivity contribution in [2.24, 2.45) is 0 Å². The molecule has 1 atom stereocenters. The second kappa shape index (κ2) is 7.95. The highest BCUT2D eigenvalue weighted by Crippen LogP contribution is 2.23. The van der Waals surface area contributed by atoms with E-state index in [0.29, 0.717) is 17.7 Å². The number of aliphatic carboxylic acids is 1. The van der Waals surface area contributed by atoms with Crippen LogP contribution in [0, 0.1) is 0 Å². The summed E-state index contributed by atoms with van der Waals surface area (Å²) in [6.45, 7) is 0.374. The van der Waals surface area contributed by atoms with E-state index in [1.165, 1.54) is 0 Å². The second-order valence-electron chi connectivity index (χ2n) is 6.18. The van der Waals surface area contributed by atoms with Gasteiger partial charge in [0, 0.05) is 18.9 Å². The summed E-state index contributed by atoms with van der Waals surface area (Å²) in [6.07, 6.45) is 3.59. The van der Waals surface area contributed by atoms with E-state index < -0.39 is 12.0 Å². The molecule has 2 N–H and O–H groups in total. The summed E-state index contributed by atoms with van der Waals surface area (Å²) in [6, 6.07) is 16.0. The molecule has 0 saturated carbocycles. The van der Waals surface area contributed by atoms with Crippen LogP contribution in [0.1, 0.15) is 22.7 Å². The van der Waals surface area contributed by atoms with Gasteiger partial charge in [-0.1, -0.05) is 36.4 Å². The van der Waals surface area contributed by atoms with E-state index in [-0.39, 0.29) is 6.61 Å². The van der Waals surface area contributed by atoms with Crippen molar-refractivity contribution in [3.8, 4) is 5.69 Å². The van der Waals surface area contributed by atoms with Gasteiger partial charge in [-0.15, -0.1) is 0 Å². The number of rotatable bonds is 7. The lowest BCUT2D eigenvalue weighted by atomic mass is 10.0. The average molecular weight is 351 g/mol. The fourth-order valence-corrected chi connectivity index (χ4v) is 3.00. The van der Waals surface area contributed by atoms with Gasteiger partial charge >= 0.3 is 5.97 Å². The van der Waals surface area contributed by atoms with E-state index in [9.17, 15) is 15.0 Å². The number of carboxylic acids is 1. The second-order valence-corrected chi connectivity index (χ2v) is 6.18. The Labute approximate surface area is 151 Å². The molecule has 0 aliphatic carbocycles. The maximum atomic E-state index is 11.8. The molecule has 0 fully saturated rings. The molecule has 1 aromatic heterocycles. The number of likely N-dealkylation sites (N-methyl/N-ethyl adjacent to an activating group) is 1. The molecular formula is C20H21N3O3. The Morgan fingerprint density at radius 1 is 1.15 bits per heavy atom. The van der Waals surface area contributed by atoms with E-state index in [2.05, 4.69) is 5.10 Å². The third-order valence-electron chi connectivity index (χ3n) is 4.26. The van der Waals surface area contributed by atoms with Gasteiger partial charge in [-0.3, -0.25) is 9.69 Å². The Hall–Kier alpha value is -2.96. The third-order valence-corrected chi connectivity index (χ3v) is 4.26. The van der Waals surface area contributed by atoms with Gasteiger partial charge < -0.3 is 10.2 Å². The zero-order valence-corrected chi connectivity index (χ0v) is 14.5. The van der Waals surface area contributed by atoms with E-state index in [1.54, 1.807) is 47.1 Å². The maximum absolute atomic E-state index is 11.8. The standard InChI is InChI=1S/C20H21N3O3/c1-22(19(20(25)26)17-5-2-4-16(12-17)14-24)13-15-6-8-18(9-7-15)23-11-3-10-21-23/h2-12,19,24H,13-14H2,1H3,(H,25,26). The highest BCUT2D eigenvalue weighted by Gasteiger charge is 2.25. The molecule has 134 valence electrons. The number of carboxylic acid groups (broad SMARTS) is 1. The first-order valence-corrected chi connectivity index (χ1v) is 8.30. The minimum absolute atomic E-state index is 0.112. The number of aliphatic hydroxyl groups excluding tert-OH is 1. The summed E-state index contributed by atoms with van der Waals surface area (Å²) in [5.41, 5.74) is 3.31. The minimum atomic E-state index is -0.921. The normalized spacial score (nSPS) is 12.3. The molecule has 3 rings (SSSR count). The predicted octanol–water partition coefficient (Wildman–Crippen LogP) is 2.62. The summed E-state index contributed by atoms with van der Waals surface area (Å²) in [5.74, 6) is -0.921. The van der Waals surface area contributed by atoms with Crippen LogP contribution in [0.3, 0.4) is 0 Å². The Kier molecular flexibility index (Phi) is 5.46. The van der Waals surface area contributed by atoms with Gasteiger partial charge in [0.2, 0.25) is 0 Å². The molecule has 6 nitrogen and oxygen atoms in total. The summed E-state index contributed by atoms with van der Waals surface area (Å²) < 4.78 is 1.77. The molecule has 0 saturated heterocycles. The van der Waals surface area contributed by atoms with Gasteiger partial charge in [-0.25, -0.2) is 4.68 Å². The molecule has 0 amide bonds. The average Bonchev–Trinajstić information content (AvgIpc) is 3.17. The summed E-state index contributed by atoms with van der Waals surface area (Å²) in [4.78, 5) is 13.6. The molecule has 1 unspecified atom stereocenters. The molecule has 0 spiro atoms. The van der Waals surface area contributed by atoms with Gasteiger partial charge in [-0.2, -0.15) is 5.10 Å². The van der Waals surface area contributed by atoms with Gasteiger partial charge in [-0.05, 0) is 41.9 Å². The monoisotopic (exact) mass is 351 g/mol. The number of benzene rings is 2. The van der Waals surface area contributed by atoms with Crippen molar-refractivity contribution in [2.75, 3.05) is 7.05 Å². The van der Waals surface area contributed by atoms with Gasteiger partial charge in [0.1, 0.15) is 6.04 Å². The quantitative estimate of drug-likeness (QED) is 0.684. The zero-order valence-electron chi connectivity index (χ0n) is 14.5. The van der Waals surface area contributed by atoms with Crippen molar-refractivity contribution in [3.63, 3.8) is 0 Å². The SMILES string of the molecule is CN(Cc1ccc(-n2cccn2)cc1)C(C(=O)O)c1cccc(CO)c1. The first-order chi connectivity index (χ1) is 12.6. The summed E-state index contributed by atoms with van der Waals surface area (Å²) in [7, 11) is 1.78. The van der Waals surface area contributed by atoms with Gasteiger partial charge in [0.25, 0.3) is 0 Å². The lowest BCUT2D eigenvalue weighted by molar-refractivity contribution is -0.143. The number of carbonyl (C=O) groups is 1. The Morgan fingerprint density at radius 3 is 2.54 bits per heavy atom. The van der Waals surface area contributed by atoms with Crippen LogP contribution in [0.15, 0.2) is 67.0 Å². The summed E-state index contributed by atoms with van der Waals surface area (Å²) >= 11 is 0. The van der Waals surface area contributed by atoms with Crippen molar-refractivity contribution in [2.45, 2.75) is 19.2 Å². The molecule has 2 aromatic carbocycles. The molecule has 0 bridgehead atoms. The summed E-state index contributed by atoms with van der Waals surface area (Å²) in [5, 5.41) is 23.2. The van der Waals surface area contributed by atoms with Crippen LogP contribution in [-0.2, 0) is 17.9 Å². The molecule has 0 aliphatic heterocycles. The van der Waals surface area contributed by atoms with Crippen LogP contribution < -0.4 is 0 Å². The van der Waals surface area contributed by atoms with Crippen molar-refractivity contribution in [3.05, 3.63) is 83.7 Å². The first kappa shape index (κ1) is 17.8. The lowest BCUT2D eigenvalue weighted by Gasteiger charge is -2.25. The van der Waals surface area contributed by atoms with E-state index in [1.807, 2.05) is 36.5 Å². The van der Waals surface area contributed by atoms with Gasteiger partial charge in [0.05, 0.1) is 12.3 Å². The van der Waals surface area contributed by atoms with E-state index in [0.717, 1.165) is 11.3 Å². The molecular weight excluding hydrogens is 330 g/mol. The maximum Gasteiger partial charge on any atom is 0.325 e. The first-order valence-electron chi connectivity index (χ1n) is 8.30. The van der Waals surface area contributed by atoms with E-state index in [4.69, 9.17) is 0 Å². The Bertz CT molecular complexity index is 860. The molecule has 0 aliphatic rings. The Balaban J connectivity index is 1.77. The van der Waals surface area contributed by atoms with Crippen LogP contribution in [0.2, 0.25) is 0 Å². The van der Waals surface area contributed by atoms with E-state index >= 15 is 0 Å². The highest BCUT2D eigenvalue weighted by atomic mass is 16.4. The molecule has 0 radical (unpaired) electrons. The molecule has 26 heavy (non-hydrogen) atoms. The lowest BCUT2D eigenvalue weighted by Crippen LogP contribution is -2.30. The molecule has 1 heterocycles. The van der Waals surface area contributed by atoms with Crippen molar-refractivity contribution in [1.29, 1.82) is 0 Å². The van der Waals surface area contributed by atoms with Crippen LogP contribution in [0.4, 0.5) is 0 Å². The fraction of sp³-hybridized carbons (Fsp3) is 0.200. The number of aromatic nitrogens is 2. The van der Waals surface area contributed by atoms with Gasteiger partial charge in [0.15, 0.2) is 0 Å². The Morgan fingerprint density at radius 2 is 1.92 bits per heavy atom. The van der Waals surface area contributed by atoms with Crippen molar-refractivity contribution in [1.82, 2.24) is 14.7 Å². The number of hydrogen-bond acceptors (Lipinski definition) is 4. The van der Waals surface area contributed by atoms with Crippen LogP contribution >= 0.6 is 0 Å². The largest absolute Gasteiger partial charge is 0.480 e. The smallest absolute Gasteiger partial charge is 0.325 e. The van der Waals surface area contributed by atoms with Crippen LogP contribution in [0.5, 0.6) is 0 Å².